The zero-order valence-corrected chi connectivity index (χ0v) is 8.38. The van der Waals surface area contributed by atoms with Gasteiger partial charge in [-0.2, -0.15) is 0 Å². The van der Waals surface area contributed by atoms with Gasteiger partial charge in [-0.1, -0.05) is 6.92 Å². The number of rotatable bonds is 8. The van der Waals surface area contributed by atoms with Crippen LogP contribution in [0.1, 0.15) is 19.8 Å². The van der Waals surface area contributed by atoms with E-state index >= 15 is 0 Å². The third kappa shape index (κ3) is 6.58. The van der Waals surface area contributed by atoms with Gasteiger partial charge in [0, 0.05) is 33.4 Å². The molecule has 0 aliphatic rings. The Kier molecular flexibility index (Phi) is 8.88. The minimum absolute atomic E-state index is 0.757. The van der Waals surface area contributed by atoms with Crippen molar-refractivity contribution in [3.63, 3.8) is 0 Å². The topological polar surface area (TPSA) is 38.5 Å². The number of nitrogens with zero attached hydrogens (tertiary/aromatic N) is 1. The number of hydrogen-bond acceptors (Lipinski definition) is 3. The average molecular weight is 174 g/mol. The summed E-state index contributed by atoms with van der Waals surface area (Å²) in [5, 5.41) is 0. The molecular formula is C9H22N2O. The van der Waals surface area contributed by atoms with Gasteiger partial charge in [0.2, 0.25) is 0 Å². The van der Waals surface area contributed by atoms with Gasteiger partial charge < -0.3 is 15.4 Å². The van der Waals surface area contributed by atoms with E-state index in [4.69, 9.17) is 10.5 Å². The lowest BCUT2D eigenvalue weighted by atomic mass is 10.3. The molecule has 0 aromatic rings. The van der Waals surface area contributed by atoms with E-state index in [2.05, 4.69) is 11.8 Å². The standard InChI is InChI=1S/C9H22N2O/c1-3-6-11(8-5-10)7-4-9-12-2/h3-10H2,1-2H3. The van der Waals surface area contributed by atoms with Crippen LogP contribution in [0.15, 0.2) is 0 Å². The Morgan fingerprint density at radius 1 is 1.25 bits per heavy atom. The van der Waals surface area contributed by atoms with Crippen LogP contribution in [-0.4, -0.2) is 44.8 Å². The largest absolute Gasteiger partial charge is 0.385 e. The Labute approximate surface area is 75.9 Å². The summed E-state index contributed by atoms with van der Waals surface area (Å²) < 4.78 is 4.99. The molecule has 74 valence electrons. The maximum Gasteiger partial charge on any atom is 0.0474 e. The van der Waals surface area contributed by atoms with Gasteiger partial charge in [0.25, 0.3) is 0 Å². The van der Waals surface area contributed by atoms with E-state index in [1.54, 1.807) is 7.11 Å². The highest BCUT2D eigenvalue weighted by Gasteiger charge is 2.00. The molecular weight excluding hydrogens is 152 g/mol. The molecule has 0 radical (unpaired) electrons. The monoisotopic (exact) mass is 174 g/mol. The van der Waals surface area contributed by atoms with Gasteiger partial charge in [0.1, 0.15) is 0 Å². The first-order valence-corrected chi connectivity index (χ1v) is 4.76. The molecule has 0 saturated carbocycles. The highest BCUT2D eigenvalue weighted by atomic mass is 16.5. The van der Waals surface area contributed by atoms with Crippen LogP contribution in [0.3, 0.4) is 0 Å². The summed E-state index contributed by atoms with van der Waals surface area (Å²) in [5.74, 6) is 0. The number of nitrogens with two attached hydrogens (primary N) is 1. The summed E-state index contributed by atoms with van der Waals surface area (Å²) in [7, 11) is 1.74. The molecule has 0 fully saturated rings. The first-order valence-electron chi connectivity index (χ1n) is 4.76. The molecule has 0 rings (SSSR count). The molecule has 12 heavy (non-hydrogen) atoms. The van der Waals surface area contributed by atoms with Crippen LogP contribution in [0.25, 0.3) is 0 Å². The van der Waals surface area contributed by atoms with Crippen LogP contribution in [0, 0.1) is 0 Å². The van der Waals surface area contributed by atoms with E-state index in [0.29, 0.717) is 0 Å². The van der Waals surface area contributed by atoms with Gasteiger partial charge in [0.15, 0.2) is 0 Å². The van der Waals surface area contributed by atoms with Gasteiger partial charge in [0.05, 0.1) is 0 Å². The van der Waals surface area contributed by atoms with Crippen molar-refractivity contribution in [2.45, 2.75) is 19.8 Å². The Morgan fingerprint density at radius 2 is 2.00 bits per heavy atom. The van der Waals surface area contributed by atoms with E-state index in [1.165, 1.54) is 6.42 Å². The molecule has 0 aromatic heterocycles. The van der Waals surface area contributed by atoms with Crippen molar-refractivity contribution in [1.29, 1.82) is 0 Å². The quantitative estimate of drug-likeness (QED) is 0.550. The molecule has 2 N–H and O–H groups in total. The third-order valence-corrected chi connectivity index (χ3v) is 1.81. The zero-order chi connectivity index (χ0) is 9.23. The maximum atomic E-state index is 5.49. The van der Waals surface area contributed by atoms with Crippen molar-refractivity contribution in [3.8, 4) is 0 Å². The Bertz CT molecular complexity index is 82.6. The van der Waals surface area contributed by atoms with E-state index in [0.717, 1.165) is 39.2 Å². The molecule has 0 saturated heterocycles. The number of hydrogen-bond donors (Lipinski definition) is 1. The number of ether oxygens (including phenoxy) is 1. The second-order valence-electron chi connectivity index (χ2n) is 2.98. The van der Waals surface area contributed by atoms with Crippen LogP contribution in [0.4, 0.5) is 0 Å². The fraction of sp³-hybridized carbons (Fsp3) is 1.00. The van der Waals surface area contributed by atoms with E-state index in [9.17, 15) is 0 Å². The number of methoxy groups -OCH3 is 1. The summed E-state index contributed by atoms with van der Waals surface area (Å²) in [4.78, 5) is 2.39. The minimum Gasteiger partial charge on any atom is -0.385 e. The SMILES string of the molecule is CCCN(CCN)CCCOC. The lowest BCUT2D eigenvalue weighted by molar-refractivity contribution is 0.172. The Balaban J connectivity index is 3.34. The van der Waals surface area contributed by atoms with Crippen molar-refractivity contribution >= 4 is 0 Å². The van der Waals surface area contributed by atoms with E-state index in [1.807, 2.05) is 0 Å². The average Bonchev–Trinajstić information content (AvgIpc) is 2.06. The van der Waals surface area contributed by atoms with Crippen LogP contribution in [0.2, 0.25) is 0 Å². The molecule has 0 spiro atoms. The Morgan fingerprint density at radius 3 is 2.50 bits per heavy atom. The van der Waals surface area contributed by atoms with Crippen LogP contribution < -0.4 is 5.73 Å². The predicted molar refractivity (Wildman–Crippen MR) is 52.3 cm³/mol. The summed E-state index contributed by atoms with van der Waals surface area (Å²) in [6, 6.07) is 0. The third-order valence-electron chi connectivity index (χ3n) is 1.81. The van der Waals surface area contributed by atoms with Crippen LogP contribution in [0.5, 0.6) is 0 Å². The summed E-state index contributed by atoms with van der Waals surface area (Å²) in [6.45, 7) is 7.08. The first kappa shape index (κ1) is 11.9. The van der Waals surface area contributed by atoms with Gasteiger partial charge >= 0.3 is 0 Å². The van der Waals surface area contributed by atoms with Crippen LogP contribution in [-0.2, 0) is 4.74 Å². The molecule has 0 unspecified atom stereocenters. The minimum atomic E-state index is 0.757. The molecule has 0 amide bonds. The molecule has 0 aliphatic carbocycles. The lowest BCUT2D eigenvalue weighted by Crippen LogP contribution is -2.31. The molecule has 0 heterocycles. The zero-order valence-electron chi connectivity index (χ0n) is 8.38. The molecule has 0 aliphatic heterocycles. The normalized spacial score (nSPS) is 11.0. The fourth-order valence-corrected chi connectivity index (χ4v) is 1.27. The molecule has 3 heteroatoms. The molecule has 0 bridgehead atoms. The van der Waals surface area contributed by atoms with Crippen molar-refractivity contribution in [2.24, 2.45) is 5.73 Å². The van der Waals surface area contributed by atoms with Crippen molar-refractivity contribution in [1.82, 2.24) is 4.90 Å². The Hall–Kier alpha value is -0.120. The van der Waals surface area contributed by atoms with Crippen molar-refractivity contribution in [2.75, 3.05) is 39.9 Å². The lowest BCUT2D eigenvalue weighted by Gasteiger charge is -2.20. The first-order chi connectivity index (χ1) is 5.85. The second kappa shape index (κ2) is 8.97. The second-order valence-corrected chi connectivity index (χ2v) is 2.98. The van der Waals surface area contributed by atoms with E-state index in [-0.39, 0.29) is 0 Å². The summed E-state index contributed by atoms with van der Waals surface area (Å²) >= 11 is 0. The summed E-state index contributed by atoms with van der Waals surface area (Å²) in [5.41, 5.74) is 5.49. The highest BCUT2D eigenvalue weighted by Crippen LogP contribution is 1.93. The van der Waals surface area contributed by atoms with Gasteiger partial charge in [-0.05, 0) is 19.4 Å². The van der Waals surface area contributed by atoms with Crippen LogP contribution >= 0.6 is 0 Å². The molecule has 0 atom stereocenters. The van der Waals surface area contributed by atoms with Gasteiger partial charge in [-0.15, -0.1) is 0 Å². The highest BCUT2D eigenvalue weighted by molar-refractivity contribution is 4.56. The summed E-state index contributed by atoms with van der Waals surface area (Å²) in [6.07, 6.45) is 2.31. The van der Waals surface area contributed by atoms with E-state index < -0.39 is 0 Å². The van der Waals surface area contributed by atoms with Crippen molar-refractivity contribution in [3.05, 3.63) is 0 Å². The smallest absolute Gasteiger partial charge is 0.0474 e. The van der Waals surface area contributed by atoms with Gasteiger partial charge in [-0.25, -0.2) is 0 Å². The molecule has 3 nitrogen and oxygen atoms in total. The maximum absolute atomic E-state index is 5.49. The van der Waals surface area contributed by atoms with Gasteiger partial charge in [-0.3, -0.25) is 0 Å². The predicted octanol–water partition coefficient (Wildman–Crippen LogP) is 0.694. The molecule has 0 aromatic carbocycles. The van der Waals surface area contributed by atoms with Crippen molar-refractivity contribution < 1.29 is 4.74 Å². The fourth-order valence-electron chi connectivity index (χ4n) is 1.27.